The van der Waals surface area contributed by atoms with Crippen LogP contribution in [0.15, 0.2) is 18.7 Å². The molecule has 0 radical (unpaired) electrons. The SMILES string of the molecule is CCCCC(C)C(CCCC)CCC(C)n1ccnc1. The number of hydrogen-bond donors (Lipinski definition) is 0. The minimum atomic E-state index is 0.583. The van der Waals surface area contributed by atoms with Gasteiger partial charge in [0.05, 0.1) is 6.33 Å². The highest BCUT2D eigenvalue weighted by Gasteiger charge is 2.17. The van der Waals surface area contributed by atoms with E-state index in [9.17, 15) is 0 Å². The molecule has 1 aromatic heterocycles. The standard InChI is InChI=1S/C18H34N2/c1-5-7-9-16(3)18(10-8-6-2)12-11-17(4)20-14-13-19-15-20/h13-18H,5-12H2,1-4H3. The van der Waals surface area contributed by atoms with Gasteiger partial charge in [-0.05, 0) is 31.6 Å². The molecule has 0 aliphatic carbocycles. The predicted molar refractivity (Wildman–Crippen MR) is 87.9 cm³/mol. The van der Waals surface area contributed by atoms with Crippen LogP contribution in [0.3, 0.4) is 0 Å². The Kier molecular flexibility index (Phi) is 8.64. The molecule has 0 saturated carbocycles. The van der Waals surface area contributed by atoms with Crippen LogP contribution in [-0.2, 0) is 0 Å². The molecule has 0 amide bonds. The maximum atomic E-state index is 4.16. The largest absolute Gasteiger partial charge is 0.335 e. The van der Waals surface area contributed by atoms with Gasteiger partial charge in [-0.2, -0.15) is 0 Å². The van der Waals surface area contributed by atoms with Crippen LogP contribution < -0.4 is 0 Å². The van der Waals surface area contributed by atoms with Gasteiger partial charge >= 0.3 is 0 Å². The lowest BCUT2D eigenvalue weighted by Crippen LogP contribution is -2.14. The molecule has 0 saturated heterocycles. The minimum Gasteiger partial charge on any atom is -0.335 e. The van der Waals surface area contributed by atoms with E-state index in [-0.39, 0.29) is 0 Å². The first kappa shape index (κ1) is 17.3. The molecule has 2 nitrogen and oxygen atoms in total. The highest BCUT2D eigenvalue weighted by Crippen LogP contribution is 2.29. The molecule has 20 heavy (non-hydrogen) atoms. The summed E-state index contributed by atoms with van der Waals surface area (Å²) in [5, 5.41) is 0. The summed E-state index contributed by atoms with van der Waals surface area (Å²) in [5.74, 6) is 1.80. The molecule has 116 valence electrons. The number of hydrogen-bond acceptors (Lipinski definition) is 1. The van der Waals surface area contributed by atoms with Crippen molar-refractivity contribution in [3.8, 4) is 0 Å². The van der Waals surface area contributed by atoms with Crippen LogP contribution in [0.25, 0.3) is 0 Å². The van der Waals surface area contributed by atoms with Crippen LogP contribution in [0.1, 0.15) is 85.1 Å². The van der Waals surface area contributed by atoms with E-state index in [4.69, 9.17) is 0 Å². The Labute approximate surface area is 126 Å². The number of imidazole rings is 1. The van der Waals surface area contributed by atoms with Crippen LogP contribution in [0.2, 0.25) is 0 Å². The monoisotopic (exact) mass is 278 g/mol. The summed E-state index contributed by atoms with van der Waals surface area (Å²) < 4.78 is 2.24. The molecule has 2 heteroatoms. The van der Waals surface area contributed by atoms with Crippen LogP contribution in [0.4, 0.5) is 0 Å². The van der Waals surface area contributed by atoms with Crippen molar-refractivity contribution < 1.29 is 0 Å². The molecule has 1 aromatic rings. The molecule has 0 aliphatic heterocycles. The zero-order valence-electron chi connectivity index (χ0n) is 14.0. The summed E-state index contributed by atoms with van der Waals surface area (Å²) in [6, 6.07) is 0.583. The second-order valence-corrected chi connectivity index (χ2v) is 6.46. The van der Waals surface area contributed by atoms with Crippen LogP contribution in [-0.4, -0.2) is 9.55 Å². The van der Waals surface area contributed by atoms with E-state index >= 15 is 0 Å². The lowest BCUT2D eigenvalue weighted by molar-refractivity contribution is 0.267. The Morgan fingerprint density at radius 3 is 2.25 bits per heavy atom. The molecule has 0 fully saturated rings. The summed E-state index contributed by atoms with van der Waals surface area (Å²) in [6.07, 6.45) is 16.8. The Bertz CT molecular complexity index is 318. The van der Waals surface area contributed by atoms with Crippen molar-refractivity contribution in [3.05, 3.63) is 18.7 Å². The third-order valence-electron chi connectivity index (χ3n) is 4.74. The van der Waals surface area contributed by atoms with Gasteiger partial charge in [0.15, 0.2) is 0 Å². The van der Waals surface area contributed by atoms with Crippen molar-refractivity contribution in [2.24, 2.45) is 11.8 Å². The fraction of sp³-hybridized carbons (Fsp3) is 0.833. The van der Waals surface area contributed by atoms with E-state index in [1.54, 1.807) is 0 Å². The Morgan fingerprint density at radius 1 is 0.950 bits per heavy atom. The van der Waals surface area contributed by atoms with E-state index in [0.717, 1.165) is 11.8 Å². The Morgan fingerprint density at radius 2 is 1.65 bits per heavy atom. The number of rotatable bonds is 11. The molecule has 3 unspecified atom stereocenters. The van der Waals surface area contributed by atoms with Gasteiger partial charge in [-0.15, -0.1) is 0 Å². The molecule has 1 rings (SSSR count). The van der Waals surface area contributed by atoms with Crippen molar-refractivity contribution in [1.29, 1.82) is 0 Å². The number of unbranched alkanes of at least 4 members (excludes halogenated alkanes) is 2. The van der Waals surface area contributed by atoms with E-state index in [1.165, 1.54) is 51.4 Å². The summed E-state index contributed by atoms with van der Waals surface area (Å²) in [5.41, 5.74) is 0. The molecule has 0 spiro atoms. The summed E-state index contributed by atoms with van der Waals surface area (Å²) in [6.45, 7) is 9.39. The van der Waals surface area contributed by atoms with Gasteiger partial charge in [-0.25, -0.2) is 4.98 Å². The van der Waals surface area contributed by atoms with Crippen molar-refractivity contribution in [1.82, 2.24) is 9.55 Å². The van der Waals surface area contributed by atoms with Gasteiger partial charge in [0.1, 0.15) is 0 Å². The van der Waals surface area contributed by atoms with Crippen LogP contribution in [0, 0.1) is 11.8 Å². The maximum Gasteiger partial charge on any atom is 0.0948 e. The molecule has 3 atom stereocenters. The molecule has 0 aliphatic rings. The molecule has 0 bridgehead atoms. The van der Waals surface area contributed by atoms with Gasteiger partial charge in [0, 0.05) is 18.4 Å². The highest BCUT2D eigenvalue weighted by molar-refractivity contribution is 4.79. The van der Waals surface area contributed by atoms with Crippen LogP contribution >= 0.6 is 0 Å². The lowest BCUT2D eigenvalue weighted by Gasteiger charge is -2.25. The highest BCUT2D eigenvalue weighted by atomic mass is 15.0. The van der Waals surface area contributed by atoms with Gasteiger partial charge in [0.2, 0.25) is 0 Å². The Hall–Kier alpha value is -0.790. The van der Waals surface area contributed by atoms with Crippen molar-refractivity contribution in [3.63, 3.8) is 0 Å². The summed E-state index contributed by atoms with van der Waals surface area (Å²) in [7, 11) is 0. The first-order valence-corrected chi connectivity index (χ1v) is 8.66. The van der Waals surface area contributed by atoms with Gasteiger partial charge in [-0.3, -0.25) is 0 Å². The molecular formula is C18H34N2. The average Bonchev–Trinajstić information content (AvgIpc) is 2.98. The van der Waals surface area contributed by atoms with E-state index < -0.39 is 0 Å². The Balaban J connectivity index is 2.42. The van der Waals surface area contributed by atoms with Gasteiger partial charge < -0.3 is 4.57 Å². The second kappa shape index (κ2) is 10.0. The molecule has 1 heterocycles. The predicted octanol–water partition coefficient (Wildman–Crippen LogP) is 5.86. The zero-order valence-corrected chi connectivity index (χ0v) is 14.0. The van der Waals surface area contributed by atoms with Crippen molar-refractivity contribution >= 4 is 0 Å². The zero-order chi connectivity index (χ0) is 14.8. The molecule has 0 N–H and O–H groups in total. The average molecular weight is 278 g/mol. The van der Waals surface area contributed by atoms with E-state index in [2.05, 4.69) is 43.4 Å². The topological polar surface area (TPSA) is 17.8 Å². The second-order valence-electron chi connectivity index (χ2n) is 6.46. The molecule has 0 aromatic carbocycles. The lowest BCUT2D eigenvalue weighted by atomic mass is 9.82. The van der Waals surface area contributed by atoms with E-state index in [0.29, 0.717) is 6.04 Å². The van der Waals surface area contributed by atoms with Gasteiger partial charge in [-0.1, -0.05) is 59.3 Å². The van der Waals surface area contributed by atoms with E-state index in [1.807, 2.05) is 12.5 Å². The van der Waals surface area contributed by atoms with Crippen molar-refractivity contribution in [2.45, 2.75) is 85.1 Å². The normalized spacial score (nSPS) is 16.0. The third-order valence-corrected chi connectivity index (χ3v) is 4.74. The first-order chi connectivity index (χ1) is 9.69. The molecular weight excluding hydrogens is 244 g/mol. The van der Waals surface area contributed by atoms with Crippen molar-refractivity contribution in [2.75, 3.05) is 0 Å². The summed E-state index contributed by atoms with van der Waals surface area (Å²) >= 11 is 0. The first-order valence-electron chi connectivity index (χ1n) is 8.66. The van der Waals surface area contributed by atoms with Crippen LogP contribution in [0.5, 0.6) is 0 Å². The maximum absolute atomic E-state index is 4.16. The van der Waals surface area contributed by atoms with Gasteiger partial charge in [0.25, 0.3) is 0 Å². The smallest absolute Gasteiger partial charge is 0.0948 e. The summed E-state index contributed by atoms with van der Waals surface area (Å²) in [4.78, 5) is 4.16. The fourth-order valence-electron chi connectivity index (χ4n) is 3.08. The number of aromatic nitrogens is 2. The third kappa shape index (κ3) is 6.11. The quantitative estimate of drug-likeness (QED) is 0.496. The minimum absolute atomic E-state index is 0.583. The fourth-order valence-corrected chi connectivity index (χ4v) is 3.08. The number of nitrogens with zero attached hydrogens (tertiary/aromatic N) is 2.